The first kappa shape index (κ1) is 23.2. The topological polar surface area (TPSA) is 54.5 Å². The zero-order valence-electron chi connectivity index (χ0n) is 19.5. The van der Waals surface area contributed by atoms with E-state index < -0.39 is 9.84 Å². The molecule has 172 valence electrons. The van der Waals surface area contributed by atoms with Crippen molar-refractivity contribution in [1.29, 1.82) is 0 Å². The number of nitrogens with zero attached hydrogens (tertiary/aromatic N) is 1. The van der Waals surface area contributed by atoms with E-state index in [-0.39, 0.29) is 28.9 Å². The predicted octanol–water partition coefficient (Wildman–Crippen LogP) is 5.37. The highest BCUT2D eigenvalue weighted by atomic mass is 32.2. The van der Waals surface area contributed by atoms with Crippen LogP contribution >= 0.6 is 0 Å². The third-order valence-corrected chi connectivity index (χ3v) is 8.10. The van der Waals surface area contributed by atoms with E-state index >= 15 is 0 Å². The molecule has 1 unspecified atom stereocenters. The number of hydrogen-bond donors (Lipinski definition) is 0. The van der Waals surface area contributed by atoms with E-state index in [9.17, 15) is 13.2 Å². The fraction of sp³-hybridized carbons (Fsp3) is 0.321. The van der Waals surface area contributed by atoms with Crippen LogP contribution in [0, 0.1) is 0 Å². The summed E-state index contributed by atoms with van der Waals surface area (Å²) in [6, 6.07) is 22.0. The molecule has 1 atom stereocenters. The lowest BCUT2D eigenvalue weighted by atomic mass is 9.87. The Morgan fingerprint density at radius 2 is 1.70 bits per heavy atom. The molecule has 1 aliphatic heterocycles. The van der Waals surface area contributed by atoms with Crippen LogP contribution in [0.15, 0.2) is 72.8 Å². The molecule has 1 heterocycles. The second-order valence-corrected chi connectivity index (χ2v) is 12.1. The summed E-state index contributed by atoms with van der Waals surface area (Å²) in [6.45, 7) is 6.89. The zero-order valence-corrected chi connectivity index (χ0v) is 20.3. The van der Waals surface area contributed by atoms with Crippen molar-refractivity contribution in [2.75, 3.05) is 11.5 Å². The fourth-order valence-electron chi connectivity index (χ4n) is 4.38. The molecule has 4 rings (SSSR count). The fourth-order valence-corrected chi connectivity index (χ4v) is 6.11. The molecule has 0 N–H and O–H groups in total. The number of benzene rings is 3. The molecule has 33 heavy (non-hydrogen) atoms. The third-order valence-electron chi connectivity index (χ3n) is 6.35. The number of sulfone groups is 1. The summed E-state index contributed by atoms with van der Waals surface area (Å²) in [5.41, 5.74) is 3.27. The molecule has 0 saturated carbocycles. The Balaban J connectivity index is 1.60. The first-order chi connectivity index (χ1) is 15.6. The molecular weight excluding hydrogens is 430 g/mol. The van der Waals surface area contributed by atoms with Crippen LogP contribution < -0.4 is 0 Å². The maximum absolute atomic E-state index is 13.3. The summed E-state index contributed by atoms with van der Waals surface area (Å²) in [5.74, 6) is -0.00278. The summed E-state index contributed by atoms with van der Waals surface area (Å²) in [7, 11) is -3.11. The zero-order chi connectivity index (χ0) is 23.6. The van der Waals surface area contributed by atoms with Gasteiger partial charge in [-0.3, -0.25) is 4.79 Å². The van der Waals surface area contributed by atoms with Crippen LogP contribution in [0.5, 0.6) is 0 Å². The lowest BCUT2D eigenvalue weighted by Gasteiger charge is -2.28. The number of carbonyl (C=O) groups is 1. The normalized spacial score (nSPS) is 18.1. The summed E-state index contributed by atoms with van der Waals surface area (Å²) in [6.07, 6.45) is 3.86. The standard InChI is InChI=1S/C28H31NO3S/c1-28(2,3)24-14-11-21(12-15-24)13-16-27(30)29(25-17-18-33(31,32)20-25)19-23-9-6-8-22-7-4-5-10-26(22)23/h4-16,25H,17-20H2,1-3H3/b16-13+. The molecule has 0 spiro atoms. The van der Waals surface area contributed by atoms with Gasteiger partial charge in [-0.25, -0.2) is 8.42 Å². The second kappa shape index (κ2) is 9.14. The van der Waals surface area contributed by atoms with Gasteiger partial charge in [0.1, 0.15) is 0 Å². The van der Waals surface area contributed by atoms with Crippen molar-refractivity contribution in [3.05, 3.63) is 89.5 Å². The summed E-state index contributed by atoms with van der Waals surface area (Å²) in [4.78, 5) is 15.1. The molecule has 1 amide bonds. The maximum Gasteiger partial charge on any atom is 0.247 e. The highest BCUT2D eigenvalue weighted by Crippen LogP contribution is 2.25. The van der Waals surface area contributed by atoms with E-state index in [0.717, 1.165) is 21.9 Å². The van der Waals surface area contributed by atoms with Crippen LogP contribution in [0.3, 0.4) is 0 Å². The van der Waals surface area contributed by atoms with Gasteiger partial charge < -0.3 is 4.90 Å². The average molecular weight is 462 g/mol. The molecule has 3 aromatic carbocycles. The van der Waals surface area contributed by atoms with Gasteiger partial charge in [0.2, 0.25) is 5.91 Å². The lowest BCUT2D eigenvalue weighted by Crippen LogP contribution is -2.39. The van der Waals surface area contributed by atoms with Crippen LogP contribution in [-0.4, -0.2) is 36.8 Å². The van der Waals surface area contributed by atoms with E-state index in [1.807, 2.05) is 60.7 Å². The van der Waals surface area contributed by atoms with Crippen LogP contribution in [0.1, 0.15) is 43.9 Å². The molecule has 4 nitrogen and oxygen atoms in total. The quantitative estimate of drug-likeness (QED) is 0.480. The van der Waals surface area contributed by atoms with Crippen LogP contribution in [0.2, 0.25) is 0 Å². The second-order valence-electron chi connectivity index (χ2n) is 9.87. The molecule has 1 fully saturated rings. The minimum atomic E-state index is -3.11. The van der Waals surface area contributed by atoms with Crippen molar-refractivity contribution >= 4 is 32.6 Å². The number of amides is 1. The van der Waals surface area contributed by atoms with Crippen molar-refractivity contribution in [2.24, 2.45) is 0 Å². The van der Waals surface area contributed by atoms with Gasteiger partial charge in [-0.1, -0.05) is 87.5 Å². The van der Waals surface area contributed by atoms with E-state index in [1.165, 1.54) is 5.56 Å². The number of carbonyl (C=O) groups excluding carboxylic acids is 1. The molecule has 1 saturated heterocycles. The van der Waals surface area contributed by atoms with Gasteiger partial charge in [0.15, 0.2) is 9.84 Å². The number of fused-ring (bicyclic) bond motifs is 1. The van der Waals surface area contributed by atoms with E-state index in [1.54, 1.807) is 11.0 Å². The maximum atomic E-state index is 13.3. The highest BCUT2D eigenvalue weighted by molar-refractivity contribution is 7.91. The monoisotopic (exact) mass is 461 g/mol. The predicted molar refractivity (Wildman–Crippen MR) is 136 cm³/mol. The van der Waals surface area contributed by atoms with Crippen molar-refractivity contribution in [3.63, 3.8) is 0 Å². The van der Waals surface area contributed by atoms with E-state index in [0.29, 0.717) is 13.0 Å². The molecule has 5 heteroatoms. The molecule has 3 aromatic rings. The van der Waals surface area contributed by atoms with Crippen LogP contribution in [0.4, 0.5) is 0 Å². The summed E-state index contributed by atoms with van der Waals surface area (Å²) >= 11 is 0. The molecule has 0 bridgehead atoms. The van der Waals surface area contributed by atoms with E-state index in [2.05, 4.69) is 32.9 Å². The van der Waals surface area contributed by atoms with Gasteiger partial charge in [0.25, 0.3) is 0 Å². The third kappa shape index (κ3) is 5.53. The van der Waals surface area contributed by atoms with Crippen molar-refractivity contribution < 1.29 is 13.2 Å². The Hall–Kier alpha value is -2.92. The van der Waals surface area contributed by atoms with Crippen molar-refractivity contribution in [2.45, 2.75) is 45.2 Å². The van der Waals surface area contributed by atoms with Gasteiger partial charge in [-0.05, 0) is 45.4 Å². The average Bonchev–Trinajstić information content (AvgIpc) is 3.14. The number of hydrogen-bond acceptors (Lipinski definition) is 3. The Morgan fingerprint density at radius 3 is 2.36 bits per heavy atom. The highest BCUT2D eigenvalue weighted by Gasteiger charge is 2.34. The Labute approximate surface area is 196 Å². The first-order valence-corrected chi connectivity index (χ1v) is 13.2. The molecule has 0 radical (unpaired) electrons. The molecule has 0 aliphatic carbocycles. The summed E-state index contributed by atoms with van der Waals surface area (Å²) < 4.78 is 24.3. The first-order valence-electron chi connectivity index (χ1n) is 11.4. The van der Waals surface area contributed by atoms with Crippen molar-refractivity contribution in [3.8, 4) is 0 Å². The number of rotatable bonds is 5. The minimum absolute atomic E-state index is 0.0254. The molecular formula is C28H31NO3S. The molecule has 1 aliphatic rings. The Morgan fingerprint density at radius 1 is 1.00 bits per heavy atom. The molecule has 0 aromatic heterocycles. The van der Waals surface area contributed by atoms with Crippen molar-refractivity contribution in [1.82, 2.24) is 4.90 Å². The van der Waals surface area contributed by atoms with Gasteiger partial charge in [-0.15, -0.1) is 0 Å². The van der Waals surface area contributed by atoms with Gasteiger partial charge in [-0.2, -0.15) is 0 Å². The smallest absolute Gasteiger partial charge is 0.247 e. The Bertz CT molecular complexity index is 1280. The Kier molecular flexibility index (Phi) is 6.44. The van der Waals surface area contributed by atoms with E-state index in [4.69, 9.17) is 0 Å². The van der Waals surface area contributed by atoms with Crippen LogP contribution in [0.25, 0.3) is 16.8 Å². The largest absolute Gasteiger partial charge is 0.331 e. The SMILES string of the molecule is CC(C)(C)c1ccc(/C=C/C(=O)N(Cc2cccc3ccccc23)C2CCS(=O)(=O)C2)cc1. The van der Waals surface area contributed by atoms with Gasteiger partial charge in [0.05, 0.1) is 11.5 Å². The van der Waals surface area contributed by atoms with Gasteiger partial charge >= 0.3 is 0 Å². The lowest BCUT2D eigenvalue weighted by molar-refractivity contribution is -0.128. The minimum Gasteiger partial charge on any atom is -0.331 e. The summed E-state index contributed by atoms with van der Waals surface area (Å²) in [5, 5.41) is 2.19. The van der Waals surface area contributed by atoms with Crippen LogP contribution in [-0.2, 0) is 26.6 Å². The van der Waals surface area contributed by atoms with Gasteiger partial charge in [0, 0.05) is 18.7 Å².